The molecule has 0 N–H and O–H groups in total. The van der Waals surface area contributed by atoms with Crippen molar-refractivity contribution in [2.24, 2.45) is 0 Å². The molecular weight excluding hydrogens is 188 g/mol. The molecule has 1 aromatic carbocycles. The predicted octanol–water partition coefficient (Wildman–Crippen LogP) is 3.33. The number of allylic oxidation sites excluding steroid dienone is 1. The van der Waals surface area contributed by atoms with Gasteiger partial charge < -0.3 is 4.74 Å². The van der Waals surface area contributed by atoms with Crippen LogP contribution in [-0.4, -0.2) is 5.97 Å². The van der Waals surface area contributed by atoms with Gasteiger partial charge >= 0.3 is 5.97 Å². The van der Waals surface area contributed by atoms with Gasteiger partial charge in [-0.3, -0.25) is 0 Å². The fraction of sp³-hybridized carbons (Fsp3) is 0.308. The topological polar surface area (TPSA) is 26.3 Å². The third kappa shape index (κ3) is 3.24. The Bertz CT molecular complexity index is 342. The Hall–Kier alpha value is -1.57. The monoisotopic (exact) mass is 204 g/mol. The first-order valence-electron chi connectivity index (χ1n) is 5.15. The summed E-state index contributed by atoms with van der Waals surface area (Å²) in [5, 5.41) is 0. The molecule has 0 unspecified atom stereocenters. The number of hydrogen-bond donors (Lipinski definition) is 0. The van der Waals surface area contributed by atoms with Crippen LogP contribution in [0, 0.1) is 0 Å². The molecule has 1 aromatic rings. The Labute approximate surface area is 90.6 Å². The molecule has 0 amide bonds. The third-order valence-electron chi connectivity index (χ3n) is 2.09. The van der Waals surface area contributed by atoms with E-state index < -0.39 is 0 Å². The minimum Gasteiger partial charge on any atom is -0.457 e. The molecule has 0 fully saturated rings. The first kappa shape index (κ1) is 11.5. The van der Waals surface area contributed by atoms with E-state index in [0.717, 1.165) is 12.0 Å². The number of unbranched alkanes of at least 4 members (excludes halogenated alkanes) is 1. The van der Waals surface area contributed by atoms with Crippen LogP contribution < -0.4 is 0 Å². The van der Waals surface area contributed by atoms with Gasteiger partial charge in [0.25, 0.3) is 0 Å². The lowest BCUT2D eigenvalue weighted by Gasteiger charge is -1.87. The summed E-state index contributed by atoms with van der Waals surface area (Å²) in [4.78, 5) is 10.8. The van der Waals surface area contributed by atoms with Crippen molar-refractivity contribution in [3.8, 4) is 0 Å². The molecule has 0 bridgehead atoms. The highest BCUT2D eigenvalue weighted by Crippen LogP contribution is 2.17. The van der Waals surface area contributed by atoms with Gasteiger partial charge in [-0.25, -0.2) is 4.79 Å². The van der Waals surface area contributed by atoms with Crippen molar-refractivity contribution in [3.05, 3.63) is 48.0 Å². The molecule has 0 saturated heterocycles. The van der Waals surface area contributed by atoms with Crippen LogP contribution in [0.2, 0.25) is 0 Å². The average Bonchev–Trinajstić information content (AvgIpc) is 2.64. The van der Waals surface area contributed by atoms with Crippen LogP contribution in [0.5, 0.6) is 0 Å². The lowest BCUT2D eigenvalue weighted by atomic mass is 10.1. The number of rotatable bonds is 2. The molecule has 2 heteroatoms. The lowest BCUT2D eigenvalue weighted by molar-refractivity contribution is 0.0535. The van der Waals surface area contributed by atoms with Crippen molar-refractivity contribution in [1.82, 2.24) is 0 Å². The van der Waals surface area contributed by atoms with Crippen molar-refractivity contribution in [1.29, 1.82) is 0 Å². The second-order valence-electron chi connectivity index (χ2n) is 3.31. The molecule has 0 saturated carbocycles. The summed E-state index contributed by atoms with van der Waals surface area (Å²) < 4.78 is 4.78. The Balaban J connectivity index is 0.000000195. The minimum absolute atomic E-state index is 0.199. The van der Waals surface area contributed by atoms with Crippen LogP contribution in [0.4, 0.5) is 0 Å². The molecule has 2 rings (SSSR count). The molecular formula is C13H16O2. The van der Waals surface area contributed by atoms with E-state index in [-0.39, 0.29) is 5.97 Å². The van der Waals surface area contributed by atoms with Crippen LogP contribution in [-0.2, 0) is 11.3 Å². The highest BCUT2D eigenvalue weighted by Gasteiger charge is 2.18. The zero-order valence-corrected chi connectivity index (χ0v) is 9.03. The Morgan fingerprint density at radius 2 is 2.20 bits per heavy atom. The highest BCUT2D eigenvalue weighted by molar-refractivity contribution is 5.93. The van der Waals surface area contributed by atoms with Crippen LogP contribution in [0.25, 0.3) is 0 Å². The Morgan fingerprint density at radius 3 is 2.73 bits per heavy atom. The maximum absolute atomic E-state index is 10.8. The van der Waals surface area contributed by atoms with Crippen LogP contribution in [0.15, 0.2) is 36.9 Å². The maximum Gasteiger partial charge on any atom is 0.338 e. The predicted molar refractivity (Wildman–Crippen MR) is 60.7 cm³/mol. The molecule has 0 radical (unpaired) electrons. The van der Waals surface area contributed by atoms with Gasteiger partial charge in [0.2, 0.25) is 0 Å². The second kappa shape index (κ2) is 6.02. The number of cyclic esters (lactones) is 1. The zero-order chi connectivity index (χ0) is 11.1. The van der Waals surface area contributed by atoms with E-state index in [0.29, 0.717) is 12.2 Å². The van der Waals surface area contributed by atoms with Gasteiger partial charge in [-0.15, -0.1) is 6.58 Å². The van der Waals surface area contributed by atoms with E-state index >= 15 is 0 Å². The van der Waals surface area contributed by atoms with Crippen molar-refractivity contribution in [3.63, 3.8) is 0 Å². The van der Waals surface area contributed by atoms with E-state index in [1.165, 1.54) is 6.42 Å². The average molecular weight is 204 g/mol. The van der Waals surface area contributed by atoms with Crippen LogP contribution >= 0.6 is 0 Å². The number of esters is 1. The summed E-state index contributed by atoms with van der Waals surface area (Å²) in [5.41, 5.74) is 1.70. The fourth-order valence-corrected chi connectivity index (χ4v) is 1.27. The summed E-state index contributed by atoms with van der Waals surface area (Å²) in [7, 11) is 0. The molecule has 1 aliphatic rings. The molecule has 0 aromatic heterocycles. The lowest BCUT2D eigenvalue weighted by Crippen LogP contribution is -1.91. The molecule has 0 aliphatic carbocycles. The largest absolute Gasteiger partial charge is 0.457 e. The summed E-state index contributed by atoms with van der Waals surface area (Å²) in [6.07, 6.45) is 4.31. The molecule has 0 atom stereocenters. The van der Waals surface area contributed by atoms with E-state index in [4.69, 9.17) is 4.74 Å². The fourth-order valence-electron chi connectivity index (χ4n) is 1.27. The molecule has 1 aliphatic heterocycles. The number of carbonyl (C=O) groups excluding carboxylic acids is 1. The quantitative estimate of drug-likeness (QED) is 0.545. The van der Waals surface area contributed by atoms with Crippen molar-refractivity contribution in [2.45, 2.75) is 26.4 Å². The minimum atomic E-state index is -0.199. The number of ether oxygens (including phenoxy) is 1. The van der Waals surface area contributed by atoms with Gasteiger partial charge in [-0.05, 0) is 12.5 Å². The zero-order valence-electron chi connectivity index (χ0n) is 9.03. The standard InChI is InChI=1S/C8H6O2.C5H10/c9-8-7-4-2-1-3-6(7)5-10-8;1-3-5-4-2/h1-4H,5H2;3H,1,4-5H2,2H3. The highest BCUT2D eigenvalue weighted by atomic mass is 16.5. The molecule has 2 nitrogen and oxygen atoms in total. The van der Waals surface area contributed by atoms with Gasteiger partial charge in [0.05, 0.1) is 5.56 Å². The molecule has 15 heavy (non-hydrogen) atoms. The second-order valence-corrected chi connectivity index (χ2v) is 3.31. The first-order valence-corrected chi connectivity index (χ1v) is 5.15. The van der Waals surface area contributed by atoms with E-state index in [2.05, 4.69) is 13.5 Å². The Kier molecular flexibility index (Phi) is 4.61. The summed E-state index contributed by atoms with van der Waals surface area (Å²) in [6, 6.07) is 7.43. The third-order valence-corrected chi connectivity index (χ3v) is 2.09. The van der Waals surface area contributed by atoms with Gasteiger partial charge in [-0.1, -0.05) is 37.6 Å². The van der Waals surface area contributed by atoms with Crippen LogP contribution in [0.1, 0.15) is 35.7 Å². The molecule has 0 spiro atoms. The van der Waals surface area contributed by atoms with Gasteiger partial charge in [-0.2, -0.15) is 0 Å². The molecule has 1 heterocycles. The SMILES string of the molecule is C=CCCC.O=C1OCc2ccccc21. The van der Waals surface area contributed by atoms with Gasteiger partial charge in [0, 0.05) is 5.56 Å². The Morgan fingerprint density at radius 1 is 1.47 bits per heavy atom. The van der Waals surface area contributed by atoms with E-state index in [1.807, 2.05) is 24.3 Å². The van der Waals surface area contributed by atoms with Gasteiger partial charge in [0.1, 0.15) is 6.61 Å². The summed E-state index contributed by atoms with van der Waals surface area (Å²) >= 11 is 0. The smallest absolute Gasteiger partial charge is 0.338 e. The first-order chi connectivity index (χ1) is 7.29. The van der Waals surface area contributed by atoms with Crippen LogP contribution in [0.3, 0.4) is 0 Å². The number of carbonyl (C=O) groups is 1. The molecule has 80 valence electrons. The number of benzene rings is 1. The summed E-state index contributed by atoms with van der Waals surface area (Å²) in [5.74, 6) is -0.199. The van der Waals surface area contributed by atoms with E-state index in [1.54, 1.807) is 6.07 Å². The van der Waals surface area contributed by atoms with Gasteiger partial charge in [0.15, 0.2) is 0 Å². The van der Waals surface area contributed by atoms with E-state index in [9.17, 15) is 4.79 Å². The number of hydrogen-bond acceptors (Lipinski definition) is 2. The van der Waals surface area contributed by atoms with Crippen molar-refractivity contribution in [2.75, 3.05) is 0 Å². The maximum atomic E-state index is 10.8. The number of fused-ring (bicyclic) bond motifs is 1. The van der Waals surface area contributed by atoms with Crippen molar-refractivity contribution >= 4 is 5.97 Å². The normalized spacial score (nSPS) is 12.2. The van der Waals surface area contributed by atoms with Crippen molar-refractivity contribution < 1.29 is 9.53 Å². The summed E-state index contributed by atoms with van der Waals surface area (Å²) in [6.45, 7) is 6.13.